The minimum atomic E-state index is -0.140. The smallest absolute Gasteiger partial charge is 0.270 e. The van der Waals surface area contributed by atoms with Gasteiger partial charge in [-0.1, -0.05) is 0 Å². The number of rotatable bonds is 5. The zero-order chi connectivity index (χ0) is 13.8. The van der Waals surface area contributed by atoms with Crippen molar-refractivity contribution < 1.29 is 4.79 Å². The third kappa shape index (κ3) is 4.10. The van der Waals surface area contributed by atoms with Gasteiger partial charge in [0.15, 0.2) is 0 Å². The van der Waals surface area contributed by atoms with Gasteiger partial charge in [0.2, 0.25) is 0 Å². The number of thiazole rings is 1. The van der Waals surface area contributed by atoms with E-state index in [1.54, 1.807) is 16.7 Å². The highest BCUT2D eigenvalue weighted by Gasteiger charge is 2.12. The summed E-state index contributed by atoms with van der Waals surface area (Å²) >= 11 is 6.51. The van der Waals surface area contributed by atoms with Crippen LogP contribution in [0.4, 0.5) is 0 Å². The van der Waals surface area contributed by atoms with E-state index in [-0.39, 0.29) is 11.9 Å². The molecule has 102 valence electrons. The van der Waals surface area contributed by atoms with E-state index in [1.807, 2.05) is 13.0 Å². The Balaban J connectivity index is 1.83. The first-order valence-corrected chi connectivity index (χ1v) is 8.28. The summed E-state index contributed by atoms with van der Waals surface area (Å²) in [5.41, 5.74) is 6.17. The normalized spacial score (nSPS) is 12.4. The molecule has 4 nitrogen and oxygen atoms in total. The molecule has 0 radical (unpaired) electrons. The van der Waals surface area contributed by atoms with Crippen LogP contribution >= 0.6 is 38.6 Å². The van der Waals surface area contributed by atoms with E-state index in [1.165, 1.54) is 16.2 Å². The maximum Gasteiger partial charge on any atom is 0.270 e. The maximum atomic E-state index is 11.9. The van der Waals surface area contributed by atoms with Crippen LogP contribution in [0.2, 0.25) is 0 Å². The van der Waals surface area contributed by atoms with Gasteiger partial charge in [0.25, 0.3) is 5.91 Å². The van der Waals surface area contributed by atoms with Gasteiger partial charge in [0.05, 0.1) is 9.83 Å². The van der Waals surface area contributed by atoms with Crippen LogP contribution in [-0.4, -0.2) is 17.4 Å². The van der Waals surface area contributed by atoms with E-state index < -0.39 is 0 Å². The first kappa shape index (κ1) is 14.6. The summed E-state index contributed by atoms with van der Waals surface area (Å²) in [6.45, 7) is 2.46. The minimum Gasteiger partial charge on any atom is -0.350 e. The average molecular weight is 360 g/mol. The van der Waals surface area contributed by atoms with Crippen molar-refractivity contribution >= 4 is 44.5 Å². The number of nitrogens with two attached hydrogens (primary N) is 1. The molecule has 0 aliphatic heterocycles. The Morgan fingerprint density at radius 3 is 2.95 bits per heavy atom. The minimum absolute atomic E-state index is 0.130. The topological polar surface area (TPSA) is 68.0 Å². The number of halogens is 1. The molecule has 1 unspecified atom stereocenters. The lowest BCUT2D eigenvalue weighted by molar-refractivity contribution is 0.0949. The van der Waals surface area contributed by atoms with Gasteiger partial charge >= 0.3 is 0 Å². The third-order valence-electron chi connectivity index (χ3n) is 2.43. The Morgan fingerprint density at radius 1 is 1.58 bits per heavy atom. The lowest BCUT2D eigenvalue weighted by Crippen LogP contribution is -2.25. The second kappa shape index (κ2) is 6.60. The second-order valence-corrected chi connectivity index (χ2v) is 7.51. The van der Waals surface area contributed by atoms with Gasteiger partial charge in [-0.3, -0.25) is 4.79 Å². The Labute approximate surface area is 128 Å². The summed E-state index contributed by atoms with van der Waals surface area (Å²) in [7, 11) is 0. The third-order valence-corrected chi connectivity index (χ3v) is 5.16. The molecule has 0 saturated heterocycles. The molecule has 1 amide bonds. The van der Waals surface area contributed by atoms with Crippen molar-refractivity contribution in [1.29, 1.82) is 0 Å². The zero-order valence-electron chi connectivity index (χ0n) is 10.4. The van der Waals surface area contributed by atoms with Crippen LogP contribution in [0, 0.1) is 0 Å². The molecule has 0 saturated carbocycles. The summed E-state index contributed by atoms with van der Waals surface area (Å²) in [5, 5.41) is 5.40. The maximum absolute atomic E-state index is 11.9. The molecule has 2 rings (SSSR count). The van der Waals surface area contributed by atoms with Crippen molar-refractivity contribution in [2.75, 3.05) is 6.54 Å². The van der Waals surface area contributed by atoms with Gasteiger partial charge in [-0.15, -0.1) is 22.7 Å². The first-order valence-electron chi connectivity index (χ1n) is 5.79. The number of thiophene rings is 1. The average Bonchev–Trinajstić information content (AvgIpc) is 2.98. The summed E-state index contributed by atoms with van der Waals surface area (Å²) in [6.07, 6.45) is 0.826. The molecule has 1 atom stereocenters. The molecule has 0 fully saturated rings. The summed E-state index contributed by atoms with van der Waals surface area (Å²) < 4.78 is 1.11. The number of nitrogens with zero attached hydrogens (tertiary/aromatic N) is 1. The summed E-state index contributed by atoms with van der Waals surface area (Å²) in [6, 6.07) is 3.93. The summed E-state index contributed by atoms with van der Waals surface area (Å²) in [5.74, 6) is -0.140. The monoisotopic (exact) mass is 359 g/mol. The van der Waals surface area contributed by atoms with Crippen molar-refractivity contribution in [3.63, 3.8) is 0 Å². The van der Waals surface area contributed by atoms with Gasteiger partial charge < -0.3 is 11.1 Å². The molecule has 2 aromatic rings. The van der Waals surface area contributed by atoms with Crippen LogP contribution in [0.1, 0.15) is 33.3 Å². The number of hydrogen-bond acceptors (Lipinski definition) is 5. The highest BCUT2D eigenvalue weighted by Crippen LogP contribution is 2.22. The quantitative estimate of drug-likeness (QED) is 0.862. The molecular weight excluding hydrogens is 346 g/mol. The number of carbonyl (C=O) groups excluding carboxylic acids is 1. The van der Waals surface area contributed by atoms with E-state index in [0.29, 0.717) is 12.2 Å². The highest BCUT2D eigenvalue weighted by atomic mass is 79.9. The van der Waals surface area contributed by atoms with Crippen LogP contribution < -0.4 is 11.1 Å². The molecule has 2 aromatic heterocycles. The van der Waals surface area contributed by atoms with E-state index in [0.717, 1.165) is 15.2 Å². The lowest BCUT2D eigenvalue weighted by Gasteiger charge is -2.02. The molecule has 7 heteroatoms. The Kier molecular flexibility index (Phi) is 5.09. The zero-order valence-corrected chi connectivity index (χ0v) is 13.6. The van der Waals surface area contributed by atoms with E-state index in [9.17, 15) is 4.79 Å². The van der Waals surface area contributed by atoms with E-state index in [2.05, 4.69) is 32.3 Å². The predicted octanol–water partition coefficient (Wildman–Crippen LogP) is 2.96. The van der Waals surface area contributed by atoms with E-state index >= 15 is 0 Å². The standard InChI is InChI=1S/C12H14BrN3OS2/c1-7(14)12-16-9(6-18-12)11(17)15-5-4-8-2-3-10(13)19-8/h2-3,6-7H,4-5,14H2,1H3,(H,15,17). The number of aromatic nitrogens is 1. The van der Waals surface area contributed by atoms with Gasteiger partial charge in [0, 0.05) is 16.8 Å². The molecule has 3 N–H and O–H groups in total. The predicted molar refractivity (Wildman–Crippen MR) is 82.8 cm³/mol. The Bertz CT molecular complexity index is 565. The van der Waals surface area contributed by atoms with Crippen molar-refractivity contribution in [3.8, 4) is 0 Å². The van der Waals surface area contributed by atoms with Gasteiger partial charge in [-0.25, -0.2) is 4.98 Å². The Hall–Kier alpha value is -0.760. The summed E-state index contributed by atoms with van der Waals surface area (Å²) in [4.78, 5) is 17.3. The van der Waals surface area contributed by atoms with Crippen LogP contribution in [0.15, 0.2) is 21.3 Å². The molecule has 0 aliphatic rings. The number of nitrogens with one attached hydrogen (secondary N) is 1. The van der Waals surface area contributed by atoms with Crippen molar-refractivity contribution in [2.45, 2.75) is 19.4 Å². The van der Waals surface area contributed by atoms with Crippen LogP contribution in [0.3, 0.4) is 0 Å². The number of carbonyl (C=O) groups is 1. The molecule has 0 spiro atoms. The lowest BCUT2D eigenvalue weighted by atomic mass is 10.3. The fraction of sp³-hybridized carbons (Fsp3) is 0.333. The molecule has 19 heavy (non-hydrogen) atoms. The van der Waals surface area contributed by atoms with Crippen molar-refractivity contribution in [3.05, 3.63) is 36.9 Å². The fourth-order valence-corrected chi connectivity index (χ4v) is 3.72. The molecule has 0 aliphatic carbocycles. The molecule has 2 heterocycles. The van der Waals surface area contributed by atoms with Gasteiger partial charge in [-0.05, 0) is 41.4 Å². The van der Waals surface area contributed by atoms with Crippen molar-refractivity contribution in [1.82, 2.24) is 10.3 Å². The first-order chi connectivity index (χ1) is 9.06. The Morgan fingerprint density at radius 2 is 2.37 bits per heavy atom. The van der Waals surface area contributed by atoms with Crippen LogP contribution in [0.5, 0.6) is 0 Å². The van der Waals surface area contributed by atoms with Crippen LogP contribution in [-0.2, 0) is 6.42 Å². The largest absolute Gasteiger partial charge is 0.350 e. The van der Waals surface area contributed by atoms with Gasteiger partial charge in [0.1, 0.15) is 10.7 Å². The highest BCUT2D eigenvalue weighted by molar-refractivity contribution is 9.11. The van der Waals surface area contributed by atoms with Crippen LogP contribution in [0.25, 0.3) is 0 Å². The SMILES string of the molecule is CC(N)c1nc(C(=O)NCCc2ccc(Br)s2)cs1. The van der Waals surface area contributed by atoms with E-state index in [4.69, 9.17) is 5.73 Å². The molecular formula is C12H14BrN3OS2. The molecule has 0 bridgehead atoms. The second-order valence-electron chi connectivity index (χ2n) is 4.07. The number of amides is 1. The van der Waals surface area contributed by atoms with Crippen molar-refractivity contribution in [2.24, 2.45) is 5.73 Å². The fourth-order valence-electron chi connectivity index (χ4n) is 1.48. The number of hydrogen-bond donors (Lipinski definition) is 2. The molecule has 0 aromatic carbocycles. The van der Waals surface area contributed by atoms with Gasteiger partial charge in [-0.2, -0.15) is 0 Å².